The number of aliphatic hydroxyl groups is 1. The number of amides is 2. The fourth-order valence-electron chi connectivity index (χ4n) is 3.51. The Labute approximate surface area is 181 Å². The molecule has 11 nitrogen and oxygen atoms in total. The van der Waals surface area contributed by atoms with E-state index in [2.05, 4.69) is 0 Å². The summed E-state index contributed by atoms with van der Waals surface area (Å²) < 4.78 is 15.9. The van der Waals surface area contributed by atoms with Gasteiger partial charge in [-0.15, -0.1) is 0 Å². The molecule has 176 valence electrons. The normalized spacial score (nSPS) is 26.5. The summed E-state index contributed by atoms with van der Waals surface area (Å²) in [6.45, 7) is 10.1. The van der Waals surface area contributed by atoms with Crippen molar-refractivity contribution in [3.05, 3.63) is 0 Å². The van der Waals surface area contributed by atoms with Gasteiger partial charge in [-0.2, -0.15) is 0 Å². The number of carbonyl (C=O) groups excluding carboxylic acids is 3. The second-order valence-corrected chi connectivity index (χ2v) is 9.70. The molecule has 0 aromatic carbocycles. The lowest BCUT2D eigenvalue weighted by Gasteiger charge is -2.30. The Kier molecular flexibility index (Phi) is 7.09. The Bertz CT molecular complexity index is 725. The summed E-state index contributed by atoms with van der Waals surface area (Å²) in [6, 6.07) is -2.76. The Morgan fingerprint density at radius 2 is 1.26 bits per heavy atom. The van der Waals surface area contributed by atoms with Crippen molar-refractivity contribution in [1.29, 1.82) is 0 Å². The van der Waals surface area contributed by atoms with Crippen LogP contribution in [0.15, 0.2) is 0 Å². The number of aliphatic hydroxyl groups excluding tert-OH is 1. The van der Waals surface area contributed by atoms with Gasteiger partial charge in [0.2, 0.25) is 0 Å². The Hall–Kier alpha value is -2.56. The van der Waals surface area contributed by atoms with Crippen LogP contribution < -0.4 is 0 Å². The molecule has 0 saturated carbocycles. The quantitative estimate of drug-likeness (QED) is 0.487. The maximum atomic E-state index is 12.8. The van der Waals surface area contributed by atoms with Gasteiger partial charge >= 0.3 is 24.1 Å². The summed E-state index contributed by atoms with van der Waals surface area (Å²) in [7, 11) is 0. The zero-order valence-electron chi connectivity index (χ0n) is 18.8. The zero-order valence-corrected chi connectivity index (χ0v) is 18.8. The molecule has 2 fully saturated rings. The van der Waals surface area contributed by atoms with Crippen LogP contribution in [0, 0.1) is 0 Å². The van der Waals surface area contributed by atoms with E-state index < -0.39 is 59.6 Å². The number of carboxylic acid groups (broad SMARTS) is 1. The highest BCUT2D eigenvalue weighted by Gasteiger charge is 2.49. The van der Waals surface area contributed by atoms with Crippen LogP contribution in [0.1, 0.15) is 54.4 Å². The molecule has 2 rings (SSSR count). The van der Waals surface area contributed by atoms with Crippen LogP contribution in [0.4, 0.5) is 9.59 Å². The molecule has 11 heteroatoms. The van der Waals surface area contributed by atoms with Crippen LogP contribution in [0.2, 0.25) is 0 Å². The third-order valence-corrected chi connectivity index (χ3v) is 4.73. The maximum absolute atomic E-state index is 12.8. The van der Waals surface area contributed by atoms with Gasteiger partial charge in [-0.3, -0.25) is 9.80 Å². The van der Waals surface area contributed by atoms with Crippen molar-refractivity contribution in [2.24, 2.45) is 0 Å². The first-order valence-corrected chi connectivity index (χ1v) is 10.2. The van der Waals surface area contributed by atoms with Crippen molar-refractivity contribution in [2.75, 3.05) is 13.1 Å². The smallest absolute Gasteiger partial charge is 0.411 e. The van der Waals surface area contributed by atoms with Crippen LogP contribution in [-0.4, -0.2) is 92.7 Å². The van der Waals surface area contributed by atoms with Crippen LogP contribution in [0.25, 0.3) is 0 Å². The summed E-state index contributed by atoms with van der Waals surface area (Å²) in [5.41, 5.74) is -1.62. The van der Waals surface area contributed by atoms with Gasteiger partial charge in [-0.1, -0.05) is 0 Å². The molecular formula is C20H32N2O9. The molecule has 0 spiro atoms. The number of ether oxygens (including phenoxy) is 3. The van der Waals surface area contributed by atoms with Crippen LogP contribution >= 0.6 is 0 Å². The molecular weight excluding hydrogens is 412 g/mol. The molecule has 0 radical (unpaired) electrons. The number of hydrogen-bond acceptors (Lipinski definition) is 8. The van der Waals surface area contributed by atoms with E-state index in [0.717, 1.165) is 9.80 Å². The van der Waals surface area contributed by atoms with Crippen LogP contribution in [0.5, 0.6) is 0 Å². The number of carboxylic acids is 1. The number of esters is 1. The second-order valence-electron chi connectivity index (χ2n) is 9.70. The number of rotatable bonds is 3. The highest BCUT2D eigenvalue weighted by Crippen LogP contribution is 2.27. The van der Waals surface area contributed by atoms with Crippen LogP contribution in [-0.2, 0) is 23.8 Å². The van der Waals surface area contributed by atoms with Crippen molar-refractivity contribution in [3.8, 4) is 0 Å². The maximum Gasteiger partial charge on any atom is 0.411 e. The summed E-state index contributed by atoms with van der Waals surface area (Å²) in [4.78, 5) is 51.5. The van der Waals surface area contributed by atoms with Gasteiger partial charge < -0.3 is 24.4 Å². The van der Waals surface area contributed by atoms with Crippen molar-refractivity contribution >= 4 is 24.1 Å². The standard InChI is InChI=1S/C20H32N2O9/c1-19(2,3)30-17(27)21-9-7-11(23)13(21)16(26)29-12-8-10-22(14(12)15(24)25)18(28)31-20(4,5)6/h11-14,23H,7-10H2,1-6H3,(H,24,25)/t11?,12?,13-,14-/m0/s1. The van der Waals surface area contributed by atoms with Crippen molar-refractivity contribution < 1.29 is 43.6 Å². The van der Waals surface area contributed by atoms with E-state index in [1.807, 2.05) is 0 Å². The number of nitrogens with zero attached hydrogens (tertiary/aromatic N) is 2. The van der Waals surface area contributed by atoms with E-state index in [-0.39, 0.29) is 25.9 Å². The number of aliphatic carboxylic acids is 1. The van der Waals surface area contributed by atoms with Gasteiger partial charge in [-0.25, -0.2) is 19.2 Å². The lowest BCUT2D eigenvalue weighted by atomic mass is 10.1. The molecule has 2 heterocycles. The topological polar surface area (TPSA) is 143 Å². The van der Waals surface area contributed by atoms with E-state index in [1.54, 1.807) is 41.5 Å². The van der Waals surface area contributed by atoms with Crippen molar-refractivity contribution in [1.82, 2.24) is 9.80 Å². The summed E-state index contributed by atoms with van der Waals surface area (Å²) in [5.74, 6) is -2.30. The highest BCUT2D eigenvalue weighted by atomic mass is 16.6. The average Bonchev–Trinajstić information content (AvgIpc) is 3.15. The summed E-state index contributed by atoms with van der Waals surface area (Å²) >= 11 is 0. The van der Waals surface area contributed by atoms with E-state index in [9.17, 15) is 29.4 Å². The van der Waals surface area contributed by atoms with Gasteiger partial charge in [0.05, 0.1) is 6.10 Å². The molecule has 2 aliphatic rings. The van der Waals surface area contributed by atoms with Gasteiger partial charge in [0.15, 0.2) is 12.1 Å². The van der Waals surface area contributed by atoms with Gasteiger partial charge in [0.1, 0.15) is 17.3 Å². The van der Waals surface area contributed by atoms with Crippen molar-refractivity contribution in [3.63, 3.8) is 0 Å². The van der Waals surface area contributed by atoms with E-state index >= 15 is 0 Å². The number of likely N-dealkylation sites (tertiary alicyclic amines) is 2. The lowest BCUT2D eigenvalue weighted by Crippen LogP contribution is -2.51. The molecule has 0 bridgehead atoms. The molecule has 0 aromatic heterocycles. The monoisotopic (exact) mass is 444 g/mol. The molecule has 2 N–H and O–H groups in total. The molecule has 2 saturated heterocycles. The molecule has 2 amide bonds. The van der Waals surface area contributed by atoms with Gasteiger partial charge in [0.25, 0.3) is 0 Å². The van der Waals surface area contributed by atoms with E-state index in [0.29, 0.717) is 0 Å². The van der Waals surface area contributed by atoms with Gasteiger partial charge in [-0.05, 0) is 48.0 Å². The largest absolute Gasteiger partial charge is 0.480 e. The Balaban J connectivity index is 2.13. The van der Waals surface area contributed by atoms with E-state index in [4.69, 9.17) is 14.2 Å². The second kappa shape index (κ2) is 8.89. The number of hydrogen-bond donors (Lipinski definition) is 2. The Morgan fingerprint density at radius 3 is 1.71 bits per heavy atom. The molecule has 31 heavy (non-hydrogen) atoms. The number of carbonyl (C=O) groups is 4. The highest BCUT2D eigenvalue weighted by molar-refractivity contribution is 5.85. The molecule has 2 unspecified atom stereocenters. The summed E-state index contributed by atoms with van der Waals surface area (Å²) in [6.07, 6.45) is -3.69. The fraction of sp³-hybridized carbons (Fsp3) is 0.800. The minimum Gasteiger partial charge on any atom is -0.480 e. The third-order valence-electron chi connectivity index (χ3n) is 4.73. The van der Waals surface area contributed by atoms with Crippen LogP contribution in [0.3, 0.4) is 0 Å². The predicted octanol–water partition coefficient (Wildman–Crippen LogP) is 1.36. The first kappa shape index (κ1) is 24.7. The summed E-state index contributed by atoms with van der Waals surface area (Å²) in [5, 5.41) is 19.9. The first-order chi connectivity index (χ1) is 14.1. The minimum absolute atomic E-state index is 0.0207. The fourth-order valence-corrected chi connectivity index (χ4v) is 3.51. The predicted molar refractivity (Wildman–Crippen MR) is 106 cm³/mol. The van der Waals surface area contributed by atoms with Gasteiger partial charge in [0, 0.05) is 19.5 Å². The minimum atomic E-state index is -1.44. The lowest BCUT2D eigenvalue weighted by molar-refractivity contribution is -0.162. The molecule has 0 aromatic rings. The third kappa shape index (κ3) is 6.22. The van der Waals surface area contributed by atoms with E-state index in [1.165, 1.54) is 0 Å². The average molecular weight is 444 g/mol. The van der Waals surface area contributed by atoms with Crippen molar-refractivity contribution in [2.45, 2.75) is 89.9 Å². The first-order valence-electron chi connectivity index (χ1n) is 10.2. The molecule has 4 atom stereocenters. The Morgan fingerprint density at radius 1 is 0.806 bits per heavy atom. The molecule has 2 aliphatic heterocycles. The molecule has 0 aliphatic carbocycles. The zero-order chi connectivity index (χ0) is 23.7. The SMILES string of the molecule is CC(C)(C)OC(=O)N1CCC(O)[C@H]1C(=O)OC1CCN(C(=O)OC(C)(C)C)[C@@H]1C(=O)O.